The van der Waals surface area contributed by atoms with E-state index in [0.29, 0.717) is 45.2 Å². The number of carbonyl (C=O) groups is 2. The van der Waals surface area contributed by atoms with Crippen LogP contribution in [0.2, 0.25) is 0 Å². The molecule has 6 nitrogen and oxygen atoms in total. The predicted molar refractivity (Wildman–Crippen MR) is 144 cm³/mol. The van der Waals surface area contributed by atoms with E-state index in [1.807, 2.05) is 6.07 Å². The van der Waals surface area contributed by atoms with Crippen LogP contribution < -0.4 is 20.7 Å². The Morgan fingerprint density at radius 2 is 1.59 bits per heavy atom. The summed E-state index contributed by atoms with van der Waals surface area (Å²) >= 11 is 8.75. The molecule has 8 heteroatoms. The first-order chi connectivity index (χ1) is 16.3. The second-order valence-corrected chi connectivity index (χ2v) is 9.25. The van der Waals surface area contributed by atoms with Crippen molar-refractivity contribution in [3.63, 3.8) is 0 Å². The summed E-state index contributed by atoms with van der Waals surface area (Å²) in [5, 5.41) is 8.63. The minimum absolute atomic E-state index is 0.143. The SMILES string of the molecule is CC(C)CCOc1ccc(C(=O)NC(=S)Nc2cccc(NC(=O)c3ccccc3)c2)cc1Br. The summed E-state index contributed by atoms with van der Waals surface area (Å²) in [6, 6.07) is 21.2. The van der Waals surface area contributed by atoms with Gasteiger partial charge >= 0.3 is 0 Å². The topological polar surface area (TPSA) is 79.5 Å². The molecule has 0 aliphatic heterocycles. The molecule has 34 heavy (non-hydrogen) atoms. The number of hydrogen-bond donors (Lipinski definition) is 3. The predicted octanol–water partition coefficient (Wildman–Crippen LogP) is 6.25. The maximum Gasteiger partial charge on any atom is 0.257 e. The summed E-state index contributed by atoms with van der Waals surface area (Å²) in [6.45, 7) is 4.89. The smallest absolute Gasteiger partial charge is 0.257 e. The Hall–Kier alpha value is -3.23. The van der Waals surface area contributed by atoms with Gasteiger partial charge in [0.05, 0.1) is 11.1 Å². The zero-order valence-corrected chi connectivity index (χ0v) is 21.3. The number of amides is 2. The van der Waals surface area contributed by atoms with E-state index in [-0.39, 0.29) is 16.9 Å². The molecule has 3 rings (SSSR count). The number of rotatable bonds is 8. The van der Waals surface area contributed by atoms with Crippen molar-refractivity contribution in [2.75, 3.05) is 17.2 Å². The van der Waals surface area contributed by atoms with Crippen LogP contribution in [0.4, 0.5) is 11.4 Å². The van der Waals surface area contributed by atoms with Crippen LogP contribution in [0.1, 0.15) is 41.0 Å². The van der Waals surface area contributed by atoms with E-state index in [1.54, 1.807) is 66.7 Å². The lowest BCUT2D eigenvalue weighted by molar-refractivity contribution is 0.0976. The molecule has 0 heterocycles. The number of ether oxygens (including phenoxy) is 1. The van der Waals surface area contributed by atoms with Crippen molar-refractivity contribution in [2.45, 2.75) is 20.3 Å². The minimum Gasteiger partial charge on any atom is -0.492 e. The molecule has 0 atom stereocenters. The van der Waals surface area contributed by atoms with Crippen molar-refractivity contribution in [3.8, 4) is 5.75 Å². The van der Waals surface area contributed by atoms with E-state index in [4.69, 9.17) is 17.0 Å². The molecule has 0 aliphatic carbocycles. The Morgan fingerprint density at radius 1 is 0.882 bits per heavy atom. The Morgan fingerprint density at radius 3 is 2.26 bits per heavy atom. The molecular formula is C26H26BrN3O3S. The molecule has 0 aliphatic rings. The lowest BCUT2D eigenvalue weighted by Gasteiger charge is -2.13. The van der Waals surface area contributed by atoms with Gasteiger partial charge in [-0.05, 0) is 89.0 Å². The van der Waals surface area contributed by atoms with Crippen LogP contribution in [0.15, 0.2) is 77.3 Å². The monoisotopic (exact) mass is 539 g/mol. The molecule has 0 aromatic heterocycles. The van der Waals surface area contributed by atoms with Gasteiger partial charge in [0, 0.05) is 22.5 Å². The van der Waals surface area contributed by atoms with E-state index in [9.17, 15) is 9.59 Å². The Balaban J connectivity index is 1.56. The zero-order valence-electron chi connectivity index (χ0n) is 18.9. The quantitative estimate of drug-likeness (QED) is 0.294. The van der Waals surface area contributed by atoms with Crippen molar-refractivity contribution >= 4 is 56.4 Å². The molecule has 0 bridgehead atoms. The van der Waals surface area contributed by atoms with E-state index in [0.717, 1.165) is 6.42 Å². The highest BCUT2D eigenvalue weighted by Gasteiger charge is 2.12. The fourth-order valence-electron chi connectivity index (χ4n) is 2.97. The lowest BCUT2D eigenvalue weighted by atomic mass is 10.1. The first kappa shape index (κ1) is 25.4. The van der Waals surface area contributed by atoms with Gasteiger partial charge in [-0.25, -0.2) is 0 Å². The maximum atomic E-state index is 12.6. The van der Waals surface area contributed by atoms with Crippen molar-refractivity contribution in [2.24, 2.45) is 5.92 Å². The molecule has 0 spiro atoms. The van der Waals surface area contributed by atoms with Crippen LogP contribution in [-0.4, -0.2) is 23.5 Å². The maximum absolute atomic E-state index is 12.6. The van der Waals surface area contributed by atoms with Crippen molar-refractivity contribution in [3.05, 3.63) is 88.4 Å². The van der Waals surface area contributed by atoms with Gasteiger partial charge in [-0.15, -0.1) is 0 Å². The molecule has 0 fully saturated rings. The van der Waals surface area contributed by atoms with Gasteiger partial charge in [-0.2, -0.15) is 0 Å². The lowest BCUT2D eigenvalue weighted by Crippen LogP contribution is -2.34. The highest BCUT2D eigenvalue weighted by Crippen LogP contribution is 2.26. The minimum atomic E-state index is -0.347. The first-order valence-electron chi connectivity index (χ1n) is 10.8. The molecule has 0 unspecified atom stereocenters. The van der Waals surface area contributed by atoms with Crippen LogP contribution in [0.25, 0.3) is 0 Å². The van der Waals surface area contributed by atoms with Gasteiger partial charge in [-0.3, -0.25) is 14.9 Å². The molecule has 0 radical (unpaired) electrons. The third-order valence-corrected chi connectivity index (χ3v) is 5.61. The summed E-state index contributed by atoms with van der Waals surface area (Å²) in [7, 11) is 0. The normalized spacial score (nSPS) is 10.5. The van der Waals surface area contributed by atoms with Crippen molar-refractivity contribution in [1.29, 1.82) is 0 Å². The summed E-state index contributed by atoms with van der Waals surface area (Å²) in [5.41, 5.74) is 2.23. The Kier molecular flexibility index (Phi) is 9.18. The van der Waals surface area contributed by atoms with Crippen LogP contribution >= 0.6 is 28.1 Å². The van der Waals surface area contributed by atoms with Crippen LogP contribution in [0.5, 0.6) is 5.75 Å². The van der Waals surface area contributed by atoms with Gasteiger partial charge < -0.3 is 15.4 Å². The number of halogens is 1. The van der Waals surface area contributed by atoms with Gasteiger partial charge in [0.1, 0.15) is 5.75 Å². The van der Waals surface area contributed by atoms with Crippen molar-refractivity contribution < 1.29 is 14.3 Å². The first-order valence-corrected chi connectivity index (χ1v) is 12.0. The number of anilines is 2. The van der Waals surface area contributed by atoms with Crippen LogP contribution in [0, 0.1) is 5.92 Å². The van der Waals surface area contributed by atoms with Gasteiger partial charge in [0.25, 0.3) is 11.8 Å². The summed E-state index contributed by atoms with van der Waals surface area (Å²) in [6.07, 6.45) is 0.950. The van der Waals surface area contributed by atoms with E-state index >= 15 is 0 Å². The van der Waals surface area contributed by atoms with E-state index in [1.165, 1.54) is 0 Å². The Labute approximate surface area is 213 Å². The van der Waals surface area contributed by atoms with Crippen molar-refractivity contribution in [1.82, 2.24) is 5.32 Å². The second kappa shape index (κ2) is 12.3. The van der Waals surface area contributed by atoms with E-state index in [2.05, 4.69) is 45.7 Å². The highest BCUT2D eigenvalue weighted by molar-refractivity contribution is 9.10. The average Bonchev–Trinajstić information content (AvgIpc) is 2.80. The number of thiocarbonyl (C=S) groups is 1. The molecule has 3 aromatic carbocycles. The molecule has 2 amide bonds. The molecule has 0 saturated heterocycles. The van der Waals surface area contributed by atoms with E-state index < -0.39 is 0 Å². The molecule has 0 saturated carbocycles. The summed E-state index contributed by atoms with van der Waals surface area (Å²) < 4.78 is 6.46. The number of nitrogens with one attached hydrogen (secondary N) is 3. The summed E-state index contributed by atoms with van der Waals surface area (Å²) in [5.74, 6) is 0.682. The number of carbonyl (C=O) groups excluding carboxylic acids is 2. The van der Waals surface area contributed by atoms with Gasteiger partial charge in [-0.1, -0.05) is 38.1 Å². The molecule has 3 aromatic rings. The second-order valence-electron chi connectivity index (χ2n) is 7.99. The molecule has 176 valence electrons. The summed E-state index contributed by atoms with van der Waals surface area (Å²) in [4.78, 5) is 25.0. The molecule has 3 N–H and O–H groups in total. The van der Waals surface area contributed by atoms with Gasteiger partial charge in [0.2, 0.25) is 0 Å². The zero-order chi connectivity index (χ0) is 24.5. The highest BCUT2D eigenvalue weighted by atomic mass is 79.9. The number of hydrogen-bond acceptors (Lipinski definition) is 4. The third kappa shape index (κ3) is 7.67. The average molecular weight is 540 g/mol. The molecular weight excluding hydrogens is 514 g/mol. The van der Waals surface area contributed by atoms with Gasteiger partial charge in [0.15, 0.2) is 5.11 Å². The number of benzene rings is 3. The Bertz CT molecular complexity index is 1170. The van der Waals surface area contributed by atoms with Crippen LogP contribution in [-0.2, 0) is 0 Å². The van der Waals surface area contributed by atoms with Crippen LogP contribution in [0.3, 0.4) is 0 Å². The fourth-order valence-corrected chi connectivity index (χ4v) is 3.67. The largest absolute Gasteiger partial charge is 0.492 e. The third-order valence-electron chi connectivity index (χ3n) is 4.79. The standard InChI is InChI=1S/C26H26BrN3O3S/c1-17(2)13-14-33-23-12-11-19(15-22(23)27)25(32)30-26(34)29-21-10-6-9-20(16-21)28-24(31)18-7-4-3-5-8-18/h3-12,15-17H,13-14H2,1-2H3,(H,28,31)(H2,29,30,32,34). The fraction of sp³-hybridized carbons (Fsp3) is 0.192.